The predicted octanol–water partition coefficient (Wildman–Crippen LogP) is 3.68. The number of hydrogen-bond donors (Lipinski definition) is 1. The molecule has 1 fully saturated rings. The third-order valence-electron chi connectivity index (χ3n) is 4.80. The van der Waals surface area contributed by atoms with Gasteiger partial charge >= 0.3 is 6.03 Å². The van der Waals surface area contributed by atoms with Crippen molar-refractivity contribution in [2.45, 2.75) is 51.5 Å². The van der Waals surface area contributed by atoms with Crippen LogP contribution in [0.2, 0.25) is 0 Å². The average molecular weight is 377 g/mol. The SMILES string of the molecule is Cc1csc(CC2CCCN2C(=O)NCC(C)(C)c2ncccc2F)n1. The van der Waals surface area contributed by atoms with E-state index in [0.29, 0.717) is 12.2 Å². The van der Waals surface area contributed by atoms with Gasteiger partial charge in [-0.3, -0.25) is 4.98 Å². The van der Waals surface area contributed by atoms with Gasteiger partial charge in [0.15, 0.2) is 0 Å². The summed E-state index contributed by atoms with van der Waals surface area (Å²) < 4.78 is 14.0. The first-order chi connectivity index (χ1) is 12.4. The first-order valence-corrected chi connectivity index (χ1v) is 9.81. The fraction of sp³-hybridized carbons (Fsp3) is 0.526. The van der Waals surface area contributed by atoms with Crippen LogP contribution in [-0.4, -0.2) is 40.0 Å². The van der Waals surface area contributed by atoms with Gasteiger partial charge in [0.25, 0.3) is 0 Å². The monoisotopic (exact) mass is 376 g/mol. The number of nitrogens with zero attached hydrogens (tertiary/aromatic N) is 3. The Hall–Kier alpha value is -2.02. The van der Waals surface area contributed by atoms with E-state index < -0.39 is 5.41 Å². The molecule has 2 aromatic rings. The summed E-state index contributed by atoms with van der Waals surface area (Å²) in [6.45, 7) is 6.84. The lowest BCUT2D eigenvalue weighted by Crippen LogP contribution is -2.47. The molecule has 0 bridgehead atoms. The van der Waals surface area contributed by atoms with Gasteiger partial charge in [-0.15, -0.1) is 11.3 Å². The minimum atomic E-state index is -0.581. The maximum Gasteiger partial charge on any atom is 0.317 e. The molecule has 2 amide bonds. The number of hydrogen-bond acceptors (Lipinski definition) is 4. The van der Waals surface area contributed by atoms with Crippen LogP contribution in [0.5, 0.6) is 0 Å². The van der Waals surface area contributed by atoms with Crippen LogP contribution in [0, 0.1) is 12.7 Å². The number of aryl methyl sites for hydroxylation is 1. The Morgan fingerprint density at radius 3 is 3.00 bits per heavy atom. The molecular formula is C19H25FN4OS. The Balaban J connectivity index is 1.61. The highest BCUT2D eigenvalue weighted by Crippen LogP contribution is 2.25. The zero-order valence-electron chi connectivity index (χ0n) is 15.5. The number of pyridine rings is 1. The highest BCUT2D eigenvalue weighted by Gasteiger charge is 2.32. The van der Waals surface area contributed by atoms with Crippen LogP contribution < -0.4 is 5.32 Å². The van der Waals surface area contributed by atoms with Crippen molar-refractivity contribution in [2.24, 2.45) is 0 Å². The normalized spacial score (nSPS) is 17.5. The quantitative estimate of drug-likeness (QED) is 0.866. The topological polar surface area (TPSA) is 58.1 Å². The second-order valence-corrected chi connectivity index (χ2v) is 8.40. The van der Waals surface area contributed by atoms with Crippen molar-refractivity contribution < 1.29 is 9.18 Å². The molecule has 0 aliphatic carbocycles. The van der Waals surface area contributed by atoms with Gasteiger partial charge < -0.3 is 10.2 Å². The van der Waals surface area contributed by atoms with Crippen molar-refractivity contribution in [3.8, 4) is 0 Å². The number of aromatic nitrogens is 2. The Labute approximate surface area is 157 Å². The fourth-order valence-corrected chi connectivity index (χ4v) is 4.22. The van der Waals surface area contributed by atoms with Crippen LogP contribution >= 0.6 is 11.3 Å². The number of thiazole rings is 1. The summed E-state index contributed by atoms with van der Waals surface area (Å²) in [5, 5.41) is 6.09. The smallest absolute Gasteiger partial charge is 0.317 e. The highest BCUT2D eigenvalue weighted by molar-refractivity contribution is 7.09. The minimum absolute atomic E-state index is 0.0924. The van der Waals surface area contributed by atoms with E-state index in [1.54, 1.807) is 23.6 Å². The summed E-state index contributed by atoms with van der Waals surface area (Å²) in [5.74, 6) is -0.343. The number of amides is 2. The van der Waals surface area contributed by atoms with Crippen LogP contribution in [0.15, 0.2) is 23.7 Å². The molecule has 0 saturated carbocycles. The van der Waals surface area contributed by atoms with Crippen molar-refractivity contribution in [3.05, 3.63) is 45.9 Å². The van der Waals surface area contributed by atoms with E-state index in [0.717, 1.165) is 36.5 Å². The van der Waals surface area contributed by atoms with Crippen LogP contribution in [0.1, 0.15) is 43.1 Å². The summed E-state index contributed by atoms with van der Waals surface area (Å²) >= 11 is 1.65. The van der Waals surface area contributed by atoms with Crippen molar-refractivity contribution in [2.75, 3.05) is 13.1 Å². The molecular weight excluding hydrogens is 351 g/mol. The molecule has 5 nitrogen and oxygen atoms in total. The number of carbonyl (C=O) groups is 1. The summed E-state index contributed by atoms with van der Waals surface area (Å²) in [6, 6.07) is 3.06. The largest absolute Gasteiger partial charge is 0.337 e. The fourth-order valence-electron chi connectivity index (χ4n) is 3.38. The molecule has 1 saturated heterocycles. The molecule has 7 heteroatoms. The molecule has 1 aliphatic rings. The minimum Gasteiger partial charge on any atom is -0.337 e. The highest BCUT2D eigenvalue weighted by atomic mass is 32.1. The van der Waals surface area contributed by atoms with E-state index >= 15 is 0 Å². The summed E-state index contributed by atoms with van der Waals surface area (Å²) in [4.78, 5) is 23.3. The van der Waals surface area contributed by atoms with Gasteiger partial charge in [-0.25, -0.2) is 14.2 Å². The van der Waals surface area contributed by atoms with Crippen molar-refractivity contribution >= 4 is 17.4 Å². The third-order valence-corrected chi connectivity index (χ3v) is 5.78. The second kappa shape index (κ2) is 7.70. The van der Waals surface area contributed by atoms with E-state index in [9.17, 15) is 9.18 Å². The van der Waals surface area contributed by atoms with Gasteiger partial charge in [-0.2, -0.15) is 0 Å². The number of carbonyl (C=O) groups excluding carboxylic acids is 1. The van der Waals surface area contributed by atoms with Crippen LogP contribution in [0.4, 0.5) is 9.18 Å². The predicted molar refractivity (Wildman–Crippen MR) is 101 cm³/mol. The van der Waals surface area contributed by atoms with Gasteiger partial charge in [0.2, 0.25) is 0 Å². The zero-order chi connectivity index (χ0) is 18.7. The molecule has 2 aromatic heterocycles. The Morgan fingerprint density at radius 1 is 1.50 bits per heavy atom. The standard InChI is InChI=1S/C19H25FN4OS/c1-13-11-26-16(23-13)10-14-6-5-9-24(14)18(25)22-12-19(2,3)17-15(20)7-4-8-21-17/h4,7-8,11,14H,5-6,9-10,12H2,1-3H3,(H,22,25). The lowest BCUT2D eigenvalue weighted by Gasteiger charge is -2.29. The van der Waals surface area contributed by atoms with Gasteiger partial charge in [0, 0.05) is 48.2 Å². The lowest BCUT2D eigenvalue weighted by molar-refractivity contribution is 0.189. The van der Waals surface area contributed by atoms with E-state index in [1.807, 2.05) is 31.1 Å². The van der Waals surface area contributed by atoms with Crippen LogP contribution in [0.3, 0.4) is 0 Å². The molecule has 0 aromatic carbocycles. The van der Waals surface area contributed by atoms with Crippen molar-refractivity contribution in [1.29, 1.82) is 0 Å². The maximum absolute atomic E-state index is 14.0. The Morgan fingerprint density at radius 2 is 2.31 bits per heavy atom. The zero-order valence-corrected chi connectivity index (χ0v) is 16.3. The summed E-state index contributed by atoms with van der Waals surface area (Å²) in [7, 11) is 0. The molecule has 1 aliphatic heterocycles. The number of urea groups is 1. The first kappa shape index (κ1) is 18.8. The number of halogens is 1. The molecule has 140 valence electrons. The van der Waals surface area contributed by atoms with Gasteiger partial charge in [0.05, 0.1) is 10.7 Å². The van der Waals surface area contributed by atoms with Crippen LogP contribution in [-0.2, 0) is 11.8 Å². The van der Waals surface area contributed by atoms with Gasteiger partial charge in [-0.05, 0) is 31.9 Å². The van der Waals surface area contributed by atoms with Crippen molar-refractivity contribution in [1.82, 2.24) is 20.2 Å². The van der Waals surface area contributed by atoms with Crippen LogP contribution in [0.25, 0.3) is 0 Å². The summed E-state index contributed by atoms with van der Waals surface area (Å²) in [5.41, 5.74) is 0.817. The molecule has 3 rings (SSSR count). The molecule has 1 atom stereocenters. The summed E-state index contributed by atoms with van der Waals surface area (Å²) in [6.07, 6.45) is 4.36. The van der Waals surface area contributed by atoms with Crippen molar-refractivity contribution in [3.63, 3.8) is 0 Å². The molecule has 0 spiro atoms. The van der Waals surface area contributed by atoms with E-state index in [1.165, 1.54) is 6.07 Å². The maximum atomic E-state index is 14.0. The Kier molecular flexibility index (Phi) is 5.55. The number of likely N-dealkylation sites (tertiary alicyclic amines) is 1. The molecule has 1 unspecified atom stereocenters. The van der Waals surface area contributed by atoms with E-state index in [2.05, 4.69) is 15.3 Å². The van der Waals surface area contributed by atoms with Gasteiger partial charge in [0.1, 0.15) is 5.82 Å². The molecule has 3 heterocycles. The van der Waals surface area contributed by atoms with E-state index in [4.69, 9.17) is 0 Å². The molecule has 1 N–H and O–H groups in total. The number of rotatable bonds is 5. The lowest BCUT2D eigenvalue weighted by atomic mass is 9.88. The van der Waals surface area contributed by atoms with E-state index in [-0.39, 0.29) is 17.9 Å². The third kappa shape index (κ3) is 4.20. The average Bonchev–Trinajstić information content (AvgIpc) is 3.22. The second-order valence-electron chi connectivity index (χ2n) is 7.45. The molecule has 26 heavy (non-hydrogen) atoms. The first-order valence-electron chi connectivity index (χ1n) is 8.93. The van der Waals surface area contributed by atoms with Gasteiger partial charge in [-0.1, -0.05) is 13.8 Å². The molecule has 0 radical (unpaired) electrons. The Bertz CT molecular complexity index is 776. The number of nitrogens with one attached hydrogen (secondary N) is 1.